The normalized spacial score (nSPS) is 24.2. The van der Waals surface area contributed by atoms with Gasteiger partial charge < -0.3 is 9.64 Å². The van der Waals surface area contributed by atoms with Crippen LogP contribution in [0.2, 0.25) is 0 Å². The number of hydrogen-bond donors (Lipinski definition) is 0. The van der Waals surface area contributed by atoms with Crippen LogP contribution in [0.25, 0.3) is 0 Å². The maximum atomic E-state index is 5.60. The van der Waals surface area contributed by atoms with E-state index in [1.165, 1.54) is 25.9 Å². The third-order valence-corrected chi connectivity index (χ3v) is 3.92. The maximum Gasteiger partial charge on any atom is 0.115 e. The molecule has 1 heterocycles. The molecule has 0 N–H and O–H groups in total. The van der Waals surface area contributed by atoms with E-state index in [-0.39, 0.29) is 4.93 Å². The number of hydrogen-bond acceptors (Lipinski definition) is 3. The van der Waals surface area contributed by atoms with Crippen molar-refractivity contribution in [2.45, 2.75) is 24.7 Å². The second-order valence-electron chi connectivity index (χ2n) is 3.35. The van der Waals surface area contributed by atoms with Crippen molar-refractivity contribution in [1.29, 1.82) is 0 Å². The minimum atomic E-state index is 0.126. The highest BCUT2D eigenvalue weighted by molar-refractivity contribution is 8.00. The van der Waals surface area contributed by atoms with Gasteiger partial charge in [0.2, 0.25) is 0 Å². The molecule has 0 atom stereocenters. The summed E-state index contributed by atoms with van der Waals surface area (Å²) < 4.78 is 5.60. The van der Waals surface area contributed by atoms with Gasteiger partial charge in [0.1, 0.15) is 4.93 Å². The summed E-state index contributed by atoms with van der Waals surface area (Å²) in [6.07, 6.45) is 2.33. The summed E-state index contributed by atoms with van der Waals surface area (Å²) in [5.41, 5.74) is 0. The Bertz CT molecular complexity index is 132. The van der Waals surface area contributed by atoms with Crippen molar-refractivity contribution in [2.24, 2.45) is 0 Å². The Balaban J connectivity index is 2.45. The molecule has 0 unspecified atom stereocenters. The summed E-state index contributed by atoms with van der Waals surface area (Å²) in [6.45, 7) is 4.53. The summed E-state index contributed by atoms with van der Waals surface area (Å²) in [7, 11) is 4.02. The highest BCUT2D eigenvalue weighted by Gasteiger charge is 2.33. The molecule has 0 aromatic rings. The molecular formula is C9H19NOS. The molecule has 12 heavy (non-hydrogen) atoms. The maximum absolute atomic E-state index is 5.60. The zero-order valence-electron chi connectivity index (χ0n) is 8.30. The van der Waals surface area contributed by atoms with E-state index in [0.29, 0.717) is 0 Å². The van der Waals surface area contributed by atoms with E-state index >= 15 is 0 Å². The van der Waals surface area contributed by atoms with Crippen LogP contribution in [0.1, 0.15) is 19.8 Å². The molecular weight excluding hydrogens is 170 g/mol. The largest absolute Gasteiger partial charge is 0.367 e. The molecule has 1 aliphatic heterocycles. The molecule has 0 spiro atoms. The van der Waals surface area contributed by atoms with Gasteiger partial charge in [0, 0.05) is 20.2 Å². The first-order valence-electron chi connectivity index (χ1n) is 4.60. The Labute approximate surface area is 79.6 Å². The van der Waals surface area contributed by atoms with Crippen LogP contribution in [0.15, 0.2) is 0 Å². The van der Waals surface area contributed by atoms with E-state index in [1.807, 2.05) is 18.9 Å². The lowest BCUT2D eigenvalue weighted by Crippen LogP contribution is -2.41. The highest BCUT2D eigenvalue weighted by atomic mass is 32.2. The van der Waals surface area contributed by atoms with Gasteiger partial charge in [0.15, 0.2) is 0 Å². The topological polar surface area (TPSA) is 12.5 Å². The average molecular weight is 189 g/mol. The van der Waals surface area contributed by atoms with Crippen molar-refractivity contribution in [3.8, 4) is 0 Å². The first-order chi connectivity index (χ1) is 5.72. The lowest BCUT2D eigenvalue weighted by molar-refractivity contribution is 0.0200. The van der Waals surface area contributed by atoms with Gasteiger partial charge in [-0.05, 0) is 25.6 Å². The van der Waals surface area contributed by atoms with Crippen molar-refractivity contribution in [1.82, 2.24) is 4.90 Å². The van der Waals surface area contributed by atoms with Gasteiger partial charge in [-0.15, -0.1) is 11.8 Å². The minimum absolute atomic E-state index is 0.126. The van der Waals surface area contributed by atoms with Crippen LogP contribution in [0, 0.1) is 0 Å². The molecule has 2 nitrogen and oxygen atoms in total. The number of thioether (sulfide) groups is 1. The Morgan fingerprint density at radius 2 is 2.00 bits per heavy atom. The molecule has 0 aliphatic carbocycles. The molecule has 1 saturated heterocycles. The van der Waals surface area contributed by atoms with Gasteiger partial charge in [-0.2, -0.15) is 0 Å². The minimum Gasteiger partial charge on any atom is -0.367 e. The van der Waals surface area contributed by atoms with Crippen LogP contribution in [-0.4, -0.2) is 42.8 Å². The summed E-state index contributed by atoms with van der Waals surface area (Å²) >= 11 is 1.95. The second-order valence-corrected chi connectivity index (χ2v) is 4.96. The molecule has 1 rings (SSSR count). The summed E-state index contributed by atoms with van der Waals surface area (Å²) in [6, 6.07) is 0. The van der Waals surface area contributed by atoms with Gasteiger partial charge >= 0.3 is 0 Å². The smallest absolute Gasteiger partial charge is 0.115 e. The molecule has 3 heteroatoms. The zero-order chi connectivity index (χ0) is 9.03. The molecule has 1 fully saturated rings. The molecule has 1 aliphatic rings. The predicted molar refractivity (Wildman–Crippen MR) is 54.6 cm³/mol. The first-order valence-corrected chi connectivity index (χ1v) is 5.58. The molecule has 0 radical (unpaired) electrons. The summed E-state index contributed by atoms with van der Waals surface area (Å²) in [4.78, 5) is 2.49. The number of methoxy groups -OCH3 is 1. The van der Waals surface area contributed by atoms with Crippen LogP contribution >= 0.6 is 11.8 Å². The fourth-order valence-electron chi connectivity index (χ4n) is 1.63. The second kappa shape index (κ2) is 4.49. The van der Waals surface area contributed by atoms with Gasteiger partial charge in [0.05, 0.1) is 0 Å². The number of likely N-dealkylation sites (tertiary alicyclic amines) is 1. The summed E-state index contributed by atoms with van der Waals surface area (Å²) in [5.74, 6) is 1.15. The zero-order valence-corrected chi connectivity index (χ0v) is 9.12. The Morgan fingerprint density at radius 3 is 2.42 bits per heavy atom. The SMILES string of the molecule is CCSC1(OC)CCN(C)CC1. The van der Waals surface area contributed by atoms with Crippen LogP contribution in [0.5, 0.6) is 0 Å². The van der Waals surface area contributed by atoms with Crippen LogP contribution in [0.3, 0.4) is 0 Å². The van der Waals surface area contributed by atoms with Crippen LogP contribution in [0.4, 0.5) is 0 Å². The molecule has 0 aromatic carbocycles. The number of piperidine rings is 1. The predicted octanol–water partition coefficient (Wildman–Crippen LogP) is 1.81. The third kappa shape index (κ3) is 2.38. The van der Waals surface area contributed by atoms with E-state index in [1.54, 1.807) is 0 Å². The number of ether oxygens (including phenoxy) is 1. The van der Waals surface area contributed by atoms with Gasteiger partial charge in [-0.25, -0.2) is 0 Å². The third-order valence-electron chi connectivity index (χ3n) is 2.53. The van der Waals surface area contributed by atoms with Crippen molar-refractivity contribution in [3.05, 3.63) is 0 Å². The monoisotopic (exact) mass is 189 g/mol. The van der Waals surface area contributed by atoms with Gasteiger partial charge in [-0.3, -0.25) is 0 Å². The van der Waals surface area contributed by atoms with E-state index < -0.39 is 0 Å². The fraction of sp³-hybridized carbons (Fsp3) is 1.00. The van der Waals surface area contributed by atoms with Gasteiger partial charge in [-0.1, -0.05) is 6.92 Å². The molecule has 0 saturated carbocycles. The summed E-state index contributed by atoms with van der Waals surface area (Å²) in [5, 5.41) is 0. The van der Waals surface area contributed by atoms with Crippen molar-refractivity contribution in [2.75, 3.05) is 33.0 Å². The average Bonchev–Trinajstić information content (AvgIpc) is 2.10. The lowest BCUT2D eigenvalue weighted by Gasteiger charge is -2.38. The molecule has 0 aromatic heterocycles. The van der Waals surface area contributed by atoms with E-state index in [2.05, 4.69) is 18.9 Å². The van der Waals surface area contributed by atoms with Crippen molar-refractivity contribution >= 4 is 11.8 Å². The van der Waals surface area contributed by atoms with Gasteiger partial charge in [0.25, 0.3) is 0 Å². The Kier molecular flexibility index (Phi) is 3.87. The van der Waals surface area contributed by atoms with Crippen LogP contribution in [-0.2, 0) is 4.74 Å². The van der Waals surface area contributed by atoms with Crippen molar-refractivity contribution < 1.29 is 4.74 Å². The fourth-order valence-corrected chi connectivity index (χ4v) is 2.74. The number of rotatable bonds is 3. The quantitative estimate of drug-likeness (QED) is 0.628. The van der Waals surface area contributed by atoms with E-state index in [4.69, 9.17) is 4.74 Å². The first kappa shape index (κ1) is 10.4. The molecule has 0 amide bonds. The van der Waals surface area contributed by atoms with Crippen molar-refractivity contribution in [3.63, 3.8) is 0 Å². The Hall–Kier alpha value is 0.270. The van der Waals surface area contributed by atoms with E-state index in [0.717, 1.165) is 5.75 Å². The van der Waals surface area contributed by atoms with E-state index in [9.17, 15) is 0 Å². The Morgan fingerprint density at radius 1 is 1.42 bits per heavy atom. The number of nitrogens with zero attached hydrogens (tertiary/aromatic N) is 1. The molecule has 72 valence electrons. The lowest BCUT2D eigenvalue weighted by atomic mass is 10.1. The molecule has 0 bridgehead atoms. The van der Waals surface area contributed by atoms with Crippen LogP contribution < -0.4 is 0 Å². The standard InChI is InChI=1S/C9H19NOS/c1-4-12-9(11-3)5-7-10(2)8-6-9/h4-8H2,1-3H3. The highest BCUT2D eigenvalue weighted by Crippen LogP contribution is 2.36.